The number of hydrogen-bond donors (Lipinski definition) is 1. The average Bonchev–Trinajstić information content (AvgIpc) is 2.39. The highest BCUT2D eigenvalue weighted by molar-refractivity contribution is 6.30. The van der Waals surface area contributed by atoms with Gasteiger partial charge in [-0.25, -0.2) is 0 Å². The molecule has 0 fully saturated rings. The first-order valence-electron chi connectivity index (χ1n) is 5.86. The van der Waals surface area contributed by atoms with Gasteiger partial charge in [-0.05, 0) is 12.5 Å². The van der Waals surface area contributed by atoms with Crippen molar-refractivity contribution in [3.8, 4) is 17.5 Å². The van der Waals surface area contributed by atoms with Crippen LogP contribution in [0.5, 0.6) is 17.5 Å². The molecule has 0 radical (unpaired) electrons. The van der Waals surface area contributed by atoms with E-state index in [0.717, 1.165) is 6.42 Å². The van der Waals surface area contributed by atoms with E-state index in [4.69, 9.17) is 26.8 Å². The highest BCUT2D eigenvalue weighted by Crippen LogP contribution is 2.26. The van der Waals surface area contributed by atoms with E-state index in [1.54, 1.807) is 24.4 Å². The van der Waals surface area contributed by atoms with Gasteiger partial charge in [-0.3, -0.25) is 4.98 Å². The molecule has 0 amide bonds. The van der Waals surface area contributed by atoms with Gasteiger partial charge in [0, 0.05) is 18.3 Å². The Morgan fingerprint density at radius 2 is 2.16 bits per heavy atom. The second-order valence-electron chi connectivity index (χ2n) is 3.83. The van der Waals surface area contributed by atoms with Crippen molar-refractivity contribution in [2.45, 2.75) is 13.3 Å². The minimum atomic E-state index is 0.370. The number of hydrogen-bond acceptors (Lipinski definition) is 5. The Kier molecular flexibility index (Phi) is 4.41. The van der Waals surface area contributed by atoms with E-state index >= 15 is 0 Å². The third kappa shape index (κ3) is 3.72. The smallest absolute Gasteiger partial charge is 0.240 e. The molecular formula is C13H14ClN3O2. The Labute approximate surface area is 116 Å². The maximum Gasteiger partial charge on any atom is 0.240 e. The molecule has 0 bridgehead atoms. The molecule has 0 saturated carbocycles. The van der Waals surface area contributed by atoms with Gasteiger partial charge in [-0.15, -0.1) is 0 Å². The van der Waals surface area contributed by atoms with Gasteiger partial charge in [0.2, 0.25) is 11.8 Å². The molecule has 0 aliphatic carbocycles. The van der Waals surface area contributed by atoms with E-state index in [9.17, 15) is 0 Å². The van der Waals surface area contributed by atoms with Crippen molar-refractivity contribution in [2.75, 3.05) is 12.3 Å². The lowest BCUT2D eigenvalue weighted by Gasteiger charge is -2.09. The van der Waals surface area contributed by atoms with Crippen molar-refractivity contribution in [3.63, 3.8) is 0 Å². The number of nitrogens with two attached hydrogens (primary N) is 1. The summed E-state index contributed by atoms with van der Waals surface area (Å²) < 4.78 is 11.0. The van der Waals surface area contributed by atoms with Crippen molar-refractivity contribution in [1.82, 2.24) is 9.97 Å². The van der Waals surface area contributed by atoms with Crippen molar-refractivity contribution >= 4 is 17.3 Å². The molecule has 0 atom stereocenters. The number of rotatable bonds is 5. The van der Waals surface area contributed by atoms with Crippen LogP contribution in [0.1, 0.15) is 13.3 Å². The second-order valence-corrected chi connectivity index (χ2v) is 4.27. The van der Waals surface area contributed by atoms with Gasteiger partial charge in [0.25, 0.3) is 0 Å². The minimum Gasteiger partial charge on any atom is -0.476 e. The number of pyridine rings is 2. The predicted molar refractivity (Wildman–Crippen MR) is 73.8 cm³/mol. The summed E-state index contributed by atoms with van der Waals surface area (Å²) in [5.74, 6) is 1.25. The number of aromatic nitrogens is 2. The summed E-state index contributed by atoms with van der Waals surface area (Å²) in [5.41, 5.74) is 6.25. The standard InChI is InChI=1S/C13H14ClN3O2/c1-2-5-18-13-11(15)3-4-12(17-13)19-10-6-9(14)7-16-8-10/h3-4,6-8H,2,5,15H2,1H3. The summed E-state index contributed by atoms with van der Waals surface area (Å²) in [6, 6.07) is 5.00. The van der Waals surface area contributed by atoms with Crippen LogP contribution in [0.2, 0.25) is 5.02 Å². The Balaban J connectivity index is 2.16. The molecule has 0 aliphatic heterocycles. The van der Waals surface area contributed by atoms with E-state index in [1.165, 1.54) is 6.20 Å². The maximum absolute atomic E-state index is 5.83. The van der Waals surface area contributed by atoms with Crippen molar-refractivity contribution in [3.05, 3.63) is 35.6 Å². The number of nitrogen functional groups attached to an aromatic ring is 1. The van der Waals surface area contributed by atoms with Crippen LogP contribution in [0, 0.1) is 0 Å². The van der Waals surface area contributed by atoms with Gasteiger partial charge in [0.1, 0.15) is 5.75 Å². The van der Waals surface area contributed by atoms with Gasteiger partial charge in [0.05, 0.1) is 23.5 Å². The Morgan fingerprint density at radius 1 is 1.32 bits per heavy atom. The minimum absolute atomic E-state index is 0.370. The van der Waals surface area contributed by atoms with Crippen molar-refractivity contribution in [1.29, 1.82) is 0 Å². The fraction of sp³-hybridized carbons (Fsp3) is 0.231. The molecule has 0 saturated heterocycles. The van der Waals surface area contributed by atoms with Crippen LogP contribution in [-0.4, -0.2) is 16.6 Å². The summed E-state index contributed by atoms with van der Waals surface area (Å²) >= 11 is 5.83. The van der Waals surface area contributed by atoms with Crippen LogP contribution >= 0.6 is 11.6 Å². The molecule has 2 aromatic rings. The topological polar surface area (TPSA) is 70.3 Å². The van der Waals surface area contributed by atoms with Crippen LogP contribution in [0.3, 0.4) is 0 Å². The first kappa shape index (κ1) is 13.4. The Hall–Kier alpha value is -2.01. The monoisotopic (exact) mass is 279 g/mol. The van der Waals surface area contributed by atoms with E-state index in [-0.39, 0.29) is 0 Å². The molecular weight excluding hydrogens is 266 g/mol. The number of nitrogens with zero attached hydrogens (tertiary/aromatic N) is 2. The molecule has 0 unspecified atom stereocenters. The van der Waals surface area contributed by atoms with Gasteiger partial charge in [-0.2, -0.15) is 4.98 Å². The number of ether oxygens (including phenoxy) is 2. The highest BCUT2D eigenvalue weighted by atomic mass is 35.5. The van der Waals surface area contributed by atoms with Crippen molar-refractivity contribution in [2.24, 2.45) is 0 Å². The van der Waals surface area contributed by atoms with Crippen molar-refractivity contribution < 1.29 is 9.47 Å². The van der Waals surface area contributed by atoms with Crippen LogP contribution in [0.4, 0.5) is 5.69 Å². The van der Waals surface area contributed by atoms with Gasteiger partial charge in [0.15, 0.2) is 0 Å². The van der Waals surface area contributed by atoms with Gasteiger partial charge < -0.3 is 15.2 Å². The third-order valence-electron chi connectivity index (χ3n) is 2.21. The molecule has 2 heterocycles. The maximum atomic E-state index is 5.83. The predicted octanol–water partition coefficient (Wildman–Crippen LogP) is 3.29. The second kappa shape index (κ2) is 6.24. The zero-order valence-corrected chi connectivity index (χ0v) is 11.2. The fourth-order valence-electron chi connectivity index (χ4n) is 1.37. The Morgan fingerprint density at radius 3 is 2.89 bits per heavy atom. The zero-order chi connectivity index (χ0) is 13.7. The number of anilines is 1. The van der Waals surface area contributed by atoms with E-state index in [2.05, 4.69) is 9.97 Å². The van der Waals surface area contributed by atoms with Crippen LogP contribution in [0.15, 0.2) is 30.6 Å². The molecule has 19 heavy (non-hydrogen) atoms. The number of halogens is 1. The third-order valence-corrected chi connectivity index (χ3v) is 2.42. The molecule has 0 aromatic carbocycles. The first-order valence-corrected chi connectivity index (χ1v) is 6.24. The first-order chi connectivity index (χ1) is 9.19. The average molecular weight is 280 g/mol. The zero-order valence-electron chi connectivity index (χ0n) is 10.5. The highest BCUT2D eigenvalue weighted by Gasteiger charge is 2.06. The van der Waals surface area contributed by atoms with Crippen LogP contribution in [0.25, 0.3) is 0 Å². The summed E-state index contributed by atoms with van der Waals surface area (Å²) in [7, 11) is 0. The molecule has 2 aromatic heterocycles. The normalized spacial score (nSPS) is 10.2. The summed E-state index contributed by atoms with van der Waals surface area (Å²) in [5, 5.41) is 0.496. The largest absolute Gasteiger partial charge is 0.476 e. The van der Waals surface area contributed by atoms with Crippen LogP contribution < -0.4 is 15.2 Å². The van der Waals surface area contributed by atoms with E-state index in [1.807, 2.05) is 6.92 Å². The lowest BCUT2D eigenvalue weighted by molar-refractivity contribution is 0.302. The molecule has 0 aliphatic rings. The van der Waals surface area contributed by atoms with Gasteiger partial charge >= 0.3 is 0 Å². The lowest BCUT2D eigenvalue weighted by atomic mass is 10.4. The van der Waals surface area contributed by atoms with Gasteiger partial charge in [-0.1, -0.05) is 18.5 Å². The summed E-state index contributed by atoms with van der Waals surface area (Å²) in [6.45, 7) is 2.56. The van der Waals surface area contributed by atoms with Crippen LogP contribution in [-0.2, 0) is 0 Å². The molecule has 100 valence electrons. The van der Waals surface area contributed by atoms with E-state index in [0.29, 0.717) is 34.8 Å². The summed E-state index contributed by atoms with van der Waals surface area (Å²) in [6.07, 6.45) is 3.96. The fourth-order valence-corrected chi connectivity index (χ4v) is 1.54. The quantitative estimate of drug-likeness (QED) is 0.909. The summed E-state index contributed by atoms with van der Waals surface area (Å²) in [4.78, 5) is 8.12. The molecule has 2 rings (SSSR count). The molecule has 2 N–H and O–H groups in total. The lowest BCUT2D eigenvalue weighted by Crippen LogP contribution is -2.02. The molecule has 0 spiro atoms. The SMILES string of the molecule is CCCOc1nc(Oc2cncc(Cl)c2)ccc1N. The van der Waals surface area contributed by atoms with E-state index < -0.39 is 0 Å². The molecule has 5 nitrogen and oxygen atoms in total. The Bertz CT molecular complexity index is 563. The molecule has 6 heteroatoms.